The van der Waals surface area contributed by atoms with Crippen molar-refractivity contribution in [3.63, 3.8) is 0 Å². The lowest BCUT2D eigenvalue weighted by Crippen LogP contribution is -2.10. The molecule has 0 spiro atoms. The largest absolute Gasteiger partial charge is 0.454 e. The Bertz CT molecular complexity index is 3190. The summed E-state index contributed by atoms with van der Waals surface area (Å²) in [5, 5.41) is 7.19. The molecule has 0 saturated carbocycles. The minimum Gasteiger partial charge on any atom is -0.454 e. The zero-order valence-corrected chi connectivity index (χ0v) is 29.9. The van der Waals surface area contributed by atoms with Gasteiger partial charge in [0.05, 0.1) is 16.7 Å². The summed E-state index contributed by atoms with van der Waals surface area (Å²) in [7, 11) is 0. The fourth-order valence-electron chi connectivity index (χ4n) is 8.32. The summed E-state index contributed by atoms with van der Waals surface area (Å²) in [5.41, 5.74) is 13.1. The van der Waals surface area contributed by atoms with Gasteiger partial charge in [0.25, 0.3) is 0 Å². The van der Waals surface area contributed by atoms with Gasteiger partial charge in [-0.25, -0.2) is 0 Å². The third-order valence-corrected chi connectivity index (χ3v) is 11.0. The highest BCUT2D eigenvalue weighted by Gasteiger charge is 2.20. The fourth-order valence-corrected chi connectivity index (χ4v) is 8.32. The van der Waals surface area contributed by atoms with Gasteiger partial charge < -0.3 is 13.9 Å². The van der Waals surface area contributed by atoms with Gasteiger partial charge in [-0.15, -0.1) is 0 Å². The van der Waals surface area contributed by atoms with Crippen molar-refractivity contribution in [2.45, 2.75) is 0 Å². The Morgan fingerprint density at radius 1 is 0.364 bits per heavy atom. The first-order valence-corrected chi connectivity index (χ1v) is 18.8. The van der Waals surface area contributed by atoms with Crippen molar-refractivity contribution in [1.82, 2.24) is 4.57 Å². The van der Waals surface area contributed by atoms with Crippen LogP contribution in [0.5, 0.6) is 0 Å². The zero-order valence-electron chi connectivity index (χ0n) is 29.9. The van der Waals surface area contributed by atoms with Crippen LogP contribution in [0.2, 0.25) is 0 Å². The predicted octanol–water partition coefficient (Wildman–Crippen LogP) is 14.6. The number of fused-ring (bicyclic) bond motifs is 7. The second kappa shape index (κ2) is 12.6. The summed E-state index contributed by atoms with van der Waals surface area (Å²) in [6.07, 6.45) is 0. The second-order valence-corrected chi connectivity index (χ2v) is 14.2. The molecule has 55 heavy (non-hydrogen) atoms. The van der Waals surface area contributed by atoms with E-state index in [4.69, 9.17) is 4.42 Å². The van der Waals surface area contributed by atoms with E-state index in [1.165, 1.54) is 49.3 Å². The molecule has 0 saturated heterocycles. The molecule has 258 valence electrons. The third-order valence-electron chi connectivity index (χ3n) is 11.0. The SMILES string of the molecule is c1ccc(-n2c3ccccc3c3cc(-c4ccc(N(c5ccc(-c6ccc7ccccc7c6)cc5)c5cccc6c5oc5ccccc56)cc4)ccc32)cc1. The van der Waals surface area contributed by atoms with E-state index >= 15 is 0 Å². The minimum atomic E-state index is 0.867. The maximum atomic E-state index is 6.60. The lowest BCUT2D eigenvalue weighted by molar-refractivity contribution is 0.669. The molecule has 11 aromatic rings. The maximum absolute atomic E-state index is 6.60. The van der Waals surface area contributed by atoms with Crippen LogP contribution < -0.4 is 4.90 Å². The van der Waals surface area contributed by atoms with Crippen LogP contribution >= 0.6 is 0 Å². The van der Waals surface area contributed by atoms with E-state index in [9.17, 15) is 0 Å². The number of benzene rings is 9. The molecule has 2 heterocycles. The molecule has 0 unspecified atom stereocenters. The molecule has 0 amide bonds. The van der Waals surface area contributed by atoms with Gasteiger partial charge >= 0.3 is 0 Å². The van der Waals surface area contributed by atoms with Crippen LogP contribution in [0.25, 0.3) is 82.5 Å². The van der Waals surface area contributed by atoms with Crippen molar-refractivity contribution in [2.24, 2.45) is 0 Å². The van der Waals surface area contributed by atoms with Gasteiger partial charge in [-0.2, -0.15) is 0 Å². The number of nitrogens with zero attached hydrogens (tertiary/aromatic N) is 2. The van der Waals surface area contributed by atoms with Gasteiger partial charge in [0.2, 0.25) is 0 Å². The highest BCUT2D eigenvalue weighted by molar-refractivity contribution is 6.11. The fraction of sp³-hybridized carbons (Fsp3) is 0. The topological polar surface area (TPSA) is 21.3 Å². The first kappa shape index (κ1) is 31.2. The predicted molar refractivity (Wildman–Crippen MR) is 231 cm³/mol. The molecule has 0 fully saturated rings. The Balaban J connectivity index is 1.02. The van der Waals surface area contributed by atoms with E-state index in [1.807, 2.05) is 12.1 Å². The van der Waals surface area contributed by atoms with Crippen molar-refractivity contribution < 1.29 is 4.42 Å². The number of rotatable bonds is 6. The molecule has 3 nitrogen and oxygen atoms in total. The van der Waals surface area contributed by atoms with Crippen molar-refractivity contribution in [1.29, 1.82) is 0 Å². The minimum absolute atomic E-state index is 0.867. The molecular formula is C52H34N2O. The van der Waals surface area contributed by atoms with Crippen molar-refractivity contribution in [3.05, 3.63) is 206 Å². The standard InChI is InChI=1S/C52H34N2O/c1-2-13-41(14-3-1)54-48-18-8-6-15-44(48)47-34-40(27-32-49(47)54)37-25-30-43(31-26-37)53(50-19-10-17-46-45-16-7-9-20-51(45)55-52(46)50)42-28-23-36(24-29-42)39-22-21-35-11-4-5-12-38(35)33-39/h1-34H. The van der Waals surface area contributed by atoms with Crippen LogP contribution in [0.3, 0.4) is 0 Å². The van der Waals surface area contributed by atoms with E-state index in [0.29, 0.717) is 0 Å². The Labute approximate surface area is 318 Å². The molecule has 0 bridgehead atoms. The molecule has 0 aliphatic rings. The molecule has 0 N–H and O–H groups in total. The van der Waals surface area contributed by atoms with Crippen LogP contribution in [-0.4, -0.2) is 4.57 Å². The summed E-state index contributed by atoms with van der Waals surface area (Å²) in [5.74, 6) is 0. The molecule has 0 radical (unpaired) electrons. The van der Waals surface area contributed by atoms with Crippen LogP contribution in [0.1, 0.15) is 0 Å². The number of hydrogen-bond donors (Lipinski definition) is 0. The van der Waals surface area contributed by atoms with E-state index in [-0.39, 0.29) is 0 Å². The first-order valence-electron chi connectivity index (χ1n) is 18.8. The summed E-state index contributed by atoms with van der Waals surface area (Å²) in [4.78, 5) is 2.31. The van der Waals surface area contributed by atoms with E-state index in [2.05, 4.69) is 204 Å². The first-order chi connectivity index (χ1) is 27.3. The Kier molecular flexibility index (Phi) is 7.17. The quantitative estimate of drug-likeness (QED) is 0.172. The van der Waals surface area contributed by atoms with Gasteiger partial charge in [-0.3, -0.25) is 0 Å². The molecule has 0 aliphatic heterocycles. The van der Waals surface area contributed by atoms with E-state index < -0.39 is 0 Å². The van der Waals surface area contributed by atoms with Crippen LogP contribution in [0, 0.1) is 0 Å². The summed E-state index contributed by atoms with van der Waals surface area (Å²) >= 11 is 0. The van der Waals surface area contributed by atoms with Crippen LogP contribution in [0.4, 0.5) is 17.1 Å². The summed E-state index contributed by atoms with van der Waals surface area (Å²) < 4.78 is 8.96. The monoisotopic (exact) mass is 702 g/mol. The van der Waals surface area contributed by atoms with Gasteiger partial charge in [-0.1, -0.05) is 133 Å². The molecule has 2 aromatic heterocycles. The molecule has 9 aromatic carbocycles. The lowest BCUT2D eigenvalue weighted by atomic mass is 10.0. The Morgan fingerprint density at radius 3 is 1.73 bits per heavy atom. The van der Waals surface area contributed by atoms with E-state index in [0.717, 1.165) is 50.3 Å². The summed E-state index contributed by atoms with van der Waals surface area (Å²) in [6.45, 7) is 0. The molecule has 3 heteroatoms. The molecule has 0 atom stereocenters. The van der Waals surface area contributed by atoms with Gasteiger partial charge in [-0.05, 0) is 106 Å². The third kappa shape index (κ3) is 5.20. The Morgan fingerprint density at radius 2 is 0.945 bits per heavy atom. The van der Waals surface area contributed by atoms with E-state index in [1.54, 1.807) is 0 Å². The lowest BCUT2D eigenvalue weighted by Gasteiger charge is -2.26. The Hall–Kier alpha value is -7.36. The number of hydrogen-bond acceptors (Lipinski definition) is 2. The highest BCUT2D eigenvalue weighted by atomic mass is 16.3. The number of furan rings is 1. The average Bonchev–Trinajstić information content (AvgIpc) is 3.81. The average molecular weight is 703 g/mol. The van der Waals surface area contributed by atoms with Crippen LogP contribution in [-0.2, 0) is 0 Å². The zero-order chi connectivity index (χ0) is 36.3. The maximum Gasteiger partial charge on any atom is 0.159 e. The van der Waals surface area contributed by atoms with Crippen molar-refractivity contribution in [3.8, 4) is 27.9 Å². The normalized spacial score (nSPS) is 11.6. The number of anilines is 3. The second-order valence-electron chi connectivity index (χ2n) is 14.2. The molecule has 11 rings (SSSR count). The smallest absolute Gasteiger partial charge is 0.159 e. The van der Waals surface area contributed by atoms with Crippen LogP contribution in [0.15, 0.2) is 211 Å². The van der Waals surface area contributed by atoms with Gasteiger partial charge in [0.15, 0.2) is 5.58 Å². The number of para-hydroxylation sites is 4. The van der Waals surface area contributed by atoms with Gasteiger partial charge in [0, 0.05) is 38.6 Å². The molecule has 0 aliphatic carbocycles. The highest BCUT2D eigenvalue weighted by Crippen LogP contribution is 2.43. The number of aromatic nitrogens is 1. The van der Waals surface area contributed by atoms with Crippen molar-refractivity contribution in [2.75, 3.05) is 4.90 Å². The molecular weight excluding hydrogens is 669 g/mol. The van der Waals surface area contributed by atoms with Crippen molar-refractivity contribution >= 4 is 71.6 Å². The van der Waals surface area contributed by atoms with Gasteiger partial charge in [0.1, 0.15) is 5.58 Å². The summed E-state index contributed by atoms with van der Waals surface area (Å²) in [6, 6.07) is 73.9.